The molecule has 0 radical (unpaired) electrons. The van der Waals surface area contributed by atoms with Crippen molar-refractivity contribution in [3.8, 4) is 22.9 Å². The van der Waals surface area contributed by atoms with Crippen LogP contribution in [0.1, 0.15) is 11.1 Å². The molecular weight excluding hydrogens is 384 g/mol. The number of ether oxygens (including phenoxy) is 2. The van der Waals surface area contributed by atoms with Gasteiger partial charge in [-0.3, -0.25) is 0 Å². The second-order valence-corrected chi connectivity index (χ2v) is 7.47. The van der Waals surface area contributed by atoms with Crippen molar-refractivity contribution < 1.29 is 9.47 Å². The predicted molar refractivity (Wildman–Crippen MR) is 118 cm³/mol. The lowest BCUT2D eigenvalue weighted by Gasteiger charge is -2.12. The summed E-state index contributed by atoms with van der Waals surface area (Å²) in [6.07, 6.45) is 0.830. The zero-order valence-electron chi connectivity index (χ0n) is 16.8. The van der Waals surface area contributed by atoms with Gasteiger partial charge in [0.15, 0.2) is 11.5 Å². The minimum Gasteiger partial charge on any atom is -0.493 e. The van der Waals surface area contributed by atoms with E-state index in [1.807, 2.05) is 30.3 Å². The Kier molecular flexibility index (Phi) is 5.45. The van der Waals surface area contributed by atoms with Crippen LogP contribution in [0.3, 0.4) is 0 Å². The minimum absolute atomic E-state index is 0.709. The number of hydrogen-bond acceptors (Lipinski definition) is 3. The van der Waals surface area contributed by atoms with Crippen molar-refractivity contribution in [2.24, 2.45) is 0 Å². The zero-order chi connectivity index (χ0) is 20.4. The Morgan fingerprint density at radius 1 is 0.931 bits per heavy atom. The quantitative estimate of drug-likeness (QED) is 0.398. The normalized spacial score (nSPS) is 11.0. The van der Waals surface area contributed by atoms with E-state index in [-0.39, 0.29) is 0 Å². The van der Waals surface area contributed by atoms with E-state index in [0.717, 1.165) is 46.9 Å². The van der Waals surface area contributed by atoms with Crippen molar-refractivity contribution >= 4 is 22.6 Å². The standard InChI is InChI=1S/C24H23ClN2O2/c1-16-5-4-6-18(13-16)24-26-20-9-8-19(25)15-21(20)27(24)12-11-17-7-10-22(28-2)23(14-17)29-3/h4-10,13-15H,11-12H2,1-3H3. The molecule has 1 aromatic heterocycles. The van der Waals surface area contributed by atoms with Gasteiger partial charge in [-0.25, -0.2) is 4.98 Å². The first-order valence-corrected chi connectivity index (χ1v) is 9.90. The molecular formula is C24H23ClN2O2. The van der Waals surface area contributed by atoms with Crippen molar-refractivity contribution in [2.45, 2.75) is 19.9 Å². The molecule has 0 saturated heterocycles. The molecule has 0 saturated carbocycles. The van der Waals surface area contributed by atoms with Gasteiger partial charge in [-0.05, 0) is 55.3 Å². The Morgan fingerprint density at radius 2 is 1.76 bits per heavy atom. The molecule has 0 atom stereocenters. The SMILES string of the molecule is COc1ccc(CCn2c(-c3cccc(C)c3)nc3ccc(Cl)cc32)cc1OC. The van der Waals surface area contributed by atoms with Crippen molar-refractivity contribution in [3.05, 3.63) is 76.8 Å². The number of aryl methyl sites for hydroxylation is 3. The lowest BCUT2D eigenvalue weighted by atomic mass is 10.1. The molecule has 1 heterocycles. The van der Waals surface area contributed by atoms with E-state index < -0.39 is 0 Å². The van der Waals surface area contributed by atoms with Crippen LogP contribution >= 0.6 is 11.6 Å². The highest BCUT2D eigenvalue weighted by atomic mass is 35.5. The van der Waals surface area contributed by atoms with Gasteiger partial charge < -0.3 is 14.0 Å². The van der Waals surface area contributed by atoms with E-state index in [0.29, 0.717) is 5.02 Å². The summed E-state index contributed by atoms with van der Waals surface area (Å²) in [4.78, 5) is 4.90. The first kappa shape index (κ1) is 19.3. The first-order valence-electron chi connectivity index (χ1n) is 9.53. The van der Waals surface area contributed by atoms with Gasteiger partial charge in [0.25, 0.3) is 0 Å². The molecule has 148 valence electrons. The van der Waals surface area contributed by atoms with E-state index in [2.05, 4.69) is 41.8 Å². The van der Waals surface area contributed by atoms with E-state index in [1.165, 1.54) is 11.1 Å². The topological polar surface area (TPSA) is 36.3 Å². The number of benzene rings is 3. The molecule has 0 spiro atoms. The van der Waals surface area contributed by atoms with Crippen molar-refractivity contribution in [3.63, 3.8) is 0 Å². The molecule has 3 aromatic carbocycles. The lowest BCUT2D eigenvalue weighted by molar-refractivity contribution is 0.354. The molecule has 0 aliphatic carbocycles. The fourth-order valence-corrected chi connectivity index (χ4v) is 3.77. The van der Waals surface area contributed by atoms with Crippen LogP contribution in [0.4, 0.5) is 0 Å². The Labute approximate surface area is 175 Å². The van der Waals surface area contributed by atoms with Gasteiger partial charge in [-0.2, -0.15) is 0 Å². The second-order valence-electron chi connectivity index (χ2n) is 7.03. The summed E-state index contributed by atoms with van der Waals surface area (Å²) in [7, 11) is 3.30. The van der Waals surface area contributed by atoms with Gasteiger partial charge in [-0.15, -0.1) is 0 Å². The number of hydrogen-bond donors (Lipinski definition) is 0. The monoisotopic (exact) mass is 406 g/mol. The summed E-state index contributed by atoms with van der Waals surface area (Å²) in [5.41, 5.74) is 5.46. The number of rotatable bonds is 6. The van der Waals surface area contributed by atoms with Gasteiger partial charge >= 0.3 is 0 Å². The fourth-order valence-electron chi connectivity index (χ4n) is 3.60. The summed E-state index contributed by atoms with van der Waals surface area (Å²) in [5.74, 6) is 2.42. The van der Waals surface area contributed by atoms with Crippen molar-refractivity contribution in [1.82, 2.24) is 9.55 Å². The third kappa shape index (κ3) is 3.94. The molecule has 0 fully saturated rings. The van der Waals surface area contributed by atoms with E-state index in [1.54, 1.807) is 14.2 Å². The summed E-state index contributed by atoms with van der Waals surface area (Å²) in [5, 5.41) is 0.709. The molecule has 4 rings (SSSR count). The largest absolute Gasteiger partial charge is 0.493 e. The molecule has 0 amide bonds. The highest BCUT2D eigenvalue weighted by molar-refractivity contribution is 6.31. The van der Waals surface area contributed by atoms with Crippen LogP contribution in [0.25, 0.3) is 22.4 Å². The second kappa shape index (κ2) is 8.18. The Morgan fingerprint density at radius 3 is 2.52 bits per heavy atom. The smallest absolute Gasteiger partial charge is 0.160 e. The summed E-state index contributed by atoms with van der Waals surface area (Å²) in [6, 6.07) is 20.3. The van der Waals surface area contributed by atoms with Gasteiger partial charge in [0.05, 0.1) is 25.3 Å². The molecule has 0 N–H and O–H groups in total. The number of aromatic nitrogens is 2. The average molecular weight is 407 g/mol. The number of nitrogens with zero attached hydrogens (tertiary/aromatic N) is 2. The van der Waals surface area contributed by atoms with E-state index in [4.69, 9.17) is 26.1 Å². The highest BCUT2D eigenvalue weighted by Gasteiger charge is 2.14. The van der Waals surface area contributed by atoms with Crippen LogP contribution in [0.2, 0.25) is 5.02 Å². The third-order valence-corrected chi connectivity index (χ3v) is 5.29. The summed E-state index contributed by atoms with van der Waals surface area (Å²) in [6.45, 7) is 2.87. The summed E-state index contributed by atoms with van der Waals surface area (Å²) < 4.78 is 13.0. The van der Waals surface area contributed by atoms with E-state index >= 15 is 0 Å². The van der Waals surface area contributed by atoms with Crippen LogP contribution in [-0.4, -0.2) is 23.8 Å². The van der Waals surface area contributed by atoms with Crippen LogP contribution in [0.15, 0.2) is 60.7 Å². The molecule has 29 heavy (non-hydrogen) atoms. The van der Waals surface area contributed by atoms with Gasteiger partial charge in [0.1, 0.15) is 5.82 Å². The molecule has 4 nitrogen and oxygen atoms in total. The molecule has 0 aliphatic rings. The lowest BCUT2D eigenvalue weighted by Crippen LogP contribution is -2.04. The zero-order valence-corrected chi connectivity index (χ0v) is 17.5. The van der Waals surface area contributed by atoms with Gasteiger partial charge in [0, 0.05) is 17.1 Å². The highest BCUT2D eigenvalue weighted by Crippen LogP contribution is 2.30. The van der Waals surface area contributed by atoms with Crippen LogP contribution in [0, 0.1) is 6.92 Å². The number of methoxy groups -OCH3 is 2. The maximum Gasteiger partial charge on any atom is 0.160 e. The van der Waals surface area contributed by atoms with Crippen LogP contribution in [-0.2, 0) is 13.0 Å². The Hall–Kier alpha value is -2.98. The maximum atomic E-state index is 6.29. The molecule has 0 unspecified atom stereocenters. The van der Waals surface area contributed by atoms with E-state index in [9.17, 15) is 0 Å². The molecule has 0 aliphatic heterocycles. The fraction of sp³-hybridized carbons (Fsp3) is 0.208. The van der Waals surface area contributed by atoms with Crippen molar-refractivity contribution in [2.75, 3.05) is 14.2 Å². The van der Waals surface area contributed by atoms with Gasteiger partial charge in [0.2, 0.25) is 0 Å². The minimum atomic E-state index is 0.709. The third-order valence-electron chi connectivity index (χ3n) is 5.06. The van der Waals surface area contributed by atoms with Crippen LogP contribution in [0.5, 0.6) is 11.5 Å². The average Bonchev–Trinajstić information content (AvgIpc) is 3.09. The number of halogens is 1. The van der Waals surface area contributed by atoms with Gasteiger partial charge in [-0.1, -0.05) is 41.4 Å². The Bertz CT molecular complexity index is 1170. The number of imidazole rings is 1. The molecule has 0 bridgehead atoms. The molecule has 5 heteroatoms. The molecule has 4 aromatic rings. The summed E-state index contributed by atoms with van der Waals surface area (Å²) >= 11 is 6.29. The number of fused-ring (bicyclic) bond motifs is 1. The maximum absolute atomic E-state index is 6.29. The Balaban J connectivity index is 1.74. The first-order chi connectivity index (χ1) is 14.1. The van der Waals surface area contributed by atoms with Crippen LogP contribution < -0.4 is 9.47 Å². The van der Waals surface area contributed by atoms with Crippen molar-refractivity contribution in [1.29, 1.82) is 0 Å². The predicted octanol–water partition coefficient (Wildman–Crippen LogP) is 5.93.